The lowest BCUT2D eigenvalue weighted by Gasteiger charge is -2.09. The van der Waals surface area contributed by atoms with Crippen LogP contribution < -0.4 is 5.32 Å². The van der Waals surface area contributed by atoms with Crippen LogP contribution >= 0.6 is 11.6 Å². The highest BCUT2D eigenvalue weighted by atomic mass is 35.5. The van der Waals surface area contributed by atoms with Gasteiger partial charge in [0.15, 0.2) is 0 Å². The van der Waals surface area contributed by atoms with Gasteiger partial charge in [-0.3, -0.25) is 14.8 Å². The Bertz CT molecular complexity index is 804. The number of carbonyl (C=O) groups excluding carboxylic acids is 1. The number of rotatable bonds is 3. The maximum absolute atomic E-state index is 12.3. The van der Waals surface area contributed by atoms with Crippen LogP contribution in [0.1, 0.15) is 15.9 Å². The molecule has 104 valence electrons. The number of fused-ring (bicyclic) bond motifs is 1. The molecule has 21 heavy (non-hydrogen) atoms. The summed E-state index contributed by atoms with van der Waals surface area (Å²) in [6.45, 7) is 0. The SMILES string of the molecule is O=C(Nc1ccccc1CCl)c1ccc2nccnc2c1. The minimum atomic E-state index is -0.194. The predicted molar refractivity (Wildman–Crippen MR) is 83.5 cm³/mol. The number of hydrogen-bond acceptors (Lipinski definition) is 3. The summed E-state index contributed by atoms with van der Waals surface area (Å²) in [7, 11) is 0. The first kappa shape index (κ1) is 13.5. The molecule has 0 radical (unpaired) electrons. The number of nitrogens with zero attached hydrogens (tertiary/aromatic N) is 2. The van der Waals surface area contributed by atoms with Crippen LogP contribution in [-0.2, 0) is 5.88 Å². The minimum Gasteiger partial charge on any atom is -0.322 e. The Balaban J connectivity index is 1.90. The third-order valence-electron chi connectivity index (χ3n) is 3.14. The molecule has 0 aliphatic rings. The van der Waals surface area contributed by atoms with Gasteiger partial charge in [-0.2, -0.15) is 0 Å². The molecule has 2 aromatic carbocycles. The van der Waals surface area contributed by atoms with Crippen LogP contribution in [0, 0.1) is 0 Å². The highest BCUT2D eigenvalue weighted by Crippen LogP contribution is 2.19. The Hall–Kier alpha value is -2.46. The number of nitrogens with one attached hydrogen (secondary N) is 1. The molecule has 0 saturated heterocycles. The standard InChI is InChI=1S/C16H12ClN3O/c17-10-12-3-1-2-4-13(12)20-16(21)11-5-6-14-15(9-11)19-8-7-18-14/h1-9H,10H2,(H,20,21). The maximum Gasteiger partial charge on any atom is 0.255 e. The summed E-state index contributed by atoms with van der Waals surface area (Å²) in [6.07, 6.45) is 3.23. The van der Waals surface area contributed by atoms with Gasteiger partial charge in [0.25, 0.3) is 5.91 Å². The number of alkyl halides is 1. The van der Waals surface area contributed by atoms with Crippen molar-refractivity contribution in [1.29, 1.82) is 0 Å². The predicted octanol–water partition coefficient (Wildman–Crippen LogP) is 3.62. The molecule has 3 rings (SSSR count). The van der Waals surface area contributed by atoms with E-state index in [-0.39, 0.29) is 5.91 Å². The van der Waals surface area contributed by atoms with Gasteiger partial charge in [-0.05, 0) is 29.8 Å². The molecule has 3 aromatic rings. The van der Waals surface area contributed by atoms with Gasteiger partial charge in [0, 0.05) is 29.5 Å². The zero-order valence-corrected chi connectivity index (χ0v) is 11.8. The Morgan fingerprint density at radius 3 is 2.62 bits per heavy atom. The van der Waals surface area contributed by atoms with E-state index in [4.69, 9.17) is 11.6 Å². The number of aromatic nitrogens is 2. The van der Waals surface area contributed by atoms with Crippen molar-refractivity contribution in [3.8, 4) is 0 Å². The van der Waals surface area contributed by atoms with Crippen molar-refractivity contribution in [1.82, 2.24) is 9.97 Å². The lowest BCUT2D eigenvalue weighted by molar-refractivity contribution is 0.102. The highest BCUT2D eigenvalue weighted by Gasteiger charge is 2.09. The molecule has 0 unspecified atom stereocenters. The van der Waals surface area contributed by atoms with Crippen molar-refractivity contribution < 1.29 is 4.79 Å². The summed E-state index contributed by atoms with van der Waals surface area (Å²) in [5, 5.41) is 2.87. The first-order chi connectivity index (χ1) is 10.3. The fourth-order valence-electron chi connectivity index (χ4n) is 2.06. The van der Waals surface area contributed by atoms with Gasteiger partial charge in [-0.1, -0.05) is 18.2 Å². The fourth-order valence-corrected chi connectivity index (χ4v) is 2.29. The number of amides is 1. The molecule has 0 atom stereocenters. The minimum absolute atomic E-state index is 0.194. The summed E-state index contributed by atoms with van der Waals surface area (Å²) < 4.78 is 0. The lowest BCUT2D eigenvalue weighted by atomic mass is 10.1. The molecular formula is C16H12ClN3O. The van der Waals surface area contributed by atoms with E-state index in [1.165, 1.54) is 0 Å². The highest BCUT2D eigenvalue weighted by molar-refractivity contribution is 6.17. The van der Waals surface area contributed by atoms with Gasteiger partial charge in [-0.25, -0.2) is 0 Å². The Morgan fingerprint density at radius 1 is 1.05 bits per heavy atom. The van der Waals surface area contributed by atoms with Crippen LogP contribution in [-0.4, -0.2) is 15.9 Å². The molecule has 1 N–H and O–H groups in total. The van der Waals surface area contributed by atoms with Crippen molar-refractivity contribution >= 4 is 34.2 Å². The zero-order valence-electron chi connectivity index (χ0n) is 11.1. The molecule has 4 nitrogen and oxygen atoms in total. The number of benzene rings is 2. The third kappa shape index (κ3) is 2.85. The van der Waals surface area contributed by atoms with Crippen LogP contribution in [0.15, 0.2) is 54.9 Å². The molecule has 0 aliphatic heterocycles. The summed E-state index contributed by atoms with van der Waals surface area (Å²) in [6, 6.07) is 12.7. The van der Waals surface area contributed by atoms with Crippen LogP contribution in [0.4, 0.5) is 5.69 Å². The third-order valence-corrected chi connectivity index (χ3v) is 3.43. The molecule has 1 amide bonds. The first-order valence-electron chi connectivity index (χ1n) is 6.44. The van der Waals surface area contributed by atoms with Crippen molar-refractivity contribution in [3.63, 3.8) is 0 Å². The average molecular weight is 298 g/mol. The van der Waals surface area contributed by atoms with Crippen molar-refractivity contribution in [3.05, 3.63) is 66.0 Å². The summed E-state index contributed by atoms with van der Waals surface area (Å²) in [4.78, 5) is 20.7. The number of para-hydroxylation sites is 1. The van der Waals surface area contributed by atoms with Crippen molar-refractivity contribution in [2.24, 2.45) is 0 Å². The summed E-state index contributed by atoms with van der Waals surface area (Å²) in [5.41, 5.74) is 3.59. The van der Waals surface area contributed by atoms with Crippen LogP contribution in [0.5, 0.6) is 0 Å². The van der Waals surface area contributed by atoms with Gasteiger partial charge in [0.05, 0.1) is 11.0 Å². The molecule has 5 heteroatoms. The van der Waals surface area contributed by atoms with E-state index in [0.29, 0.717) is 17.0 Å². The second kappa shape index (κ2) is 5.89. The van der Waals surface area contributed by atoms with E-state index in [2.05, 4.69) is 15.3 Å². The number of hydrogen-bond donors (Lipinski definition) is 1. The Morgan fingerprint density at radius 2 is 1.81 bits per heavy atom. The average Bonchev–Trinajstić information content (AvgIpc) is 2.55. The van der Waals surface area contributed by atoms with E-state index in [1.807, 2.05) is 24.3 Å². The summed E-state index contributed by atoms with van der Waals surface area (Å²) in [5.74, 6) is 0.153. The zero-order chi connectivity index (χ0) is 14.7. The summed E-state index contributed by atoms with van der Waals surface area (Å²) >= 11 is 5.87. The van der Waals surface area contributed by atoms with E-state index in [0.717, 1.165) is 16.8 Å². The topological polar surface area (TPSA) is 54.9 Å². The molecular weight excluding hydrogens is 286 g/mol. The van der Waals surface area contributed by atoms with E-state index < -0.39 is 0 Å². The Kier molecular flexibility index (Phi) is 3.79. The number of anilines is 1. The van der Waals surface area contributed by atoms with Crippen molar-refractivity contribution in [2.45, 2.75) is 5.88 Å². The second-order valence-electron chi connectivity index (χ2n) is 4.50. The normalized spacial score (nSPS) is 10.5. The first-order valence-corrected chi connectivity index (χ1v) is 6.97. The van der Waals surface area contributed by atoms with Gasteiger partial charge < -0.3 is 5.32 Å². The van der Waals surface area contributed by atoms with Crippen LogP contribution in [0.3, 0.4) is 0 Å². The van der Waals surface area contributed by atoms with Gasteiger partial charge in [0.2, 0.25) is 0 Å². The van der Waals surface area contributed by atoms with E-state index >= 15 is 0 Å². The molecule has 1 aromatic heterocycles. The van der Waals surface area contributed by atoms with E-state index in [9.17, 15) is 4.79 Å². The lowest BCUT2D eigenvalue weighted by Crippen LogP contribution is -2.13. The van der Waals surface area contributed by atoms with Crippen LogP contribution in [0.2, 0.25) is 0 Å². The molecule has 1 heterocycles. The molecule has 0 aliphatic carbocycles. The quantitative estimate of drug-likeness (QED) is 0.751. The second-order valence-corrected chi connectivity index (χ2v) is 4.77. The monoisotopic (exact) mass is 297 g/mol. The largest absolute Gasteiger partial charge is 0.322 e. The van der Waals surface area contributed by atoms with Gasteiger partial charge in [-0.15, -0.1) is 11.6 Å². The maximum atomic E-state index is 12.3. The number of carbonyl (C=O) groups is 1. The number of halogens is 1. The molecule has 0 fully saturated rings. The van der Waals surface area contributed by atoms with Crippen LogP contribution in [0.25, 0.3) is 11.0 Å². The van der Waals surface area contributed by atoms with Crippen molar-refractivity contribution in [2.75, 3.05) is 5.32 Å². The Labute approximate surface area is 126 Å². The fraction of sp³-hybridized carbons (Fsp3) is 0.0625. The molecule has 0 saturated carbocycles. The van der Waals surface area contributed by atoms with Gasteiger partial charge in [0.1, 0.15) is 0 Å². The smallest absolute Gasteiger partial charge is 0.255 e. The van der Waals surface area contributed by atoms with E-state index in [1.54, 1.807) is 30.6 Å². The van der Waals surface area contributed by atoms with Gasteiger partial charge >= 0.3 is 0 Å². The molecule has 0 spiro atoms. The molecule has 0 bridgehead atoms.